The molecule has 3 aromatic rings. The fourth-order valence-electron chi connectivity index (χ4n) is 2.53. The number of halogens is 1. The van der Waals surface area contributed by atoms with Gasteiger partial charge in [0.05, 0.1) is 11.6 Å². The van der Waals surface area contributed by atoms with E-state index >= 15 is 0 Å². The third kappa shape index (κ3) is 4.69. The Balaban J connectivity index is 2.04. The Kier molecular flexibility index (Phi) is 5.98. The molecular formula is C22H16BrNO3S. The first-order chi connectivity index (χ1) is 13.4. The summed E-state index contributed by atoms with van der Waals surface area (Å²) in [5.74, 6) is 0.145. The molecule has 28 heavy (non-hydrogen) atoms. The molecule has 0 radical (unpaired) electrons. The quantitative estimate of drug-likeness (QED) is 0.286. The largest absolute Gasteiger partial charge is 0.378 e. The van der Waals surface area contributed by atoms with Crippen LogP contribution in [0.1, 0.15) is 16.7 Å². The summed E-state index contributed by atoms with van der Waals surface area (Å²) in [7, 11) is -3.99. The molecule has 0 saturated carbocycles. The molecule has 0 amide bonds. The fourth-order valence-corrected chi connectivity index (χ4v) is 3.88. The topological polar surface area (TPSA) is 67.2 Å². The summed E-state index contributed by atoms with van der Waals surface area (Å²) in [5, 5.41) is 9.59. The molecule has 3 rings (SSSR count). The molecule has 6 heteroatoms. The van der Waals surface area contributed by atoms with E-state index in [-0.39, 0.29) is 10.6 Å². The summed E-state index contributed by atoms with van der Waals surface area (Å²) in [5.41, 5.74) is 2.71. The maximum atomic E-state index is 12.6. The molecule has 0 aliphatic rings. The molecule has 0 heterocycles. The second kappa shape index (κ2) is 8.42. The number of nitrogens with zero attached hydrogens (tertiary/aromatic N) is 1. The van der Waals surface area contributed by atoms with Crippen LogP contribution in [0.15, 0.2) is 82.2 Å². The third-order valence-corrected chi connectivity index (χ3v) is 5.73. The standard InChI is InChI=1S/C22H16BrNO3S/c1-16-7-9-17(10-8-16)19(15-24)13-18-14-20(23)11-12-22(18)27-28(25,26)21-5-3-2-4-6-21/h2-14H,1H3/b19-13+. The van der Waals surface area contributed by atoms with Crippen LogP contribution in [-0.2, 0) is 10.1 Å². The summed E-state index contributed by atoms with van der Waals surface area (Å²) in [6.07, 6.45) is 1.62. The molecule has 0 spiro atoms. The van der Waals surface area contributed by atoms with E-state index in [2.05, 4.69) is 22.0 Å². The Bertz CT molecular complexity index is 1160. The second-order valence-electron chi connectivity index (χ2n) is 6.07. The van der Waals surface area contributed by atoms with E-state index in [1.54, 1.807) is 42.5 Å². The minimum absolute atomic E-state index is 0.0619. The van der Waals surface area contributed by atoms with E-state index in [1.807, 2.05) is 31.2 Å². The van der Waals surface area contributed by atoms with Crippen molar-refractivity contribution in [2.24, 2.45) is 0 Å². The molecule has 0 aliphatic heterocycles. The predicted molar refractivity (Wildman–Crippen MR) is 113 cm³/mol. The normalized spacial score (nSPS) is 11.7. The molecule has 0 atom stereocenters. The Labute approximate surface area is 173 Å². The summed E-state index contributed by atoms with van der Waals surface area (Å²) < 4.78 is 31.3. The van der Waals surface area contributed by atoms with Gasteiger partial charge in [-0.1, -0.05) is 64.0 Å². The summed E-state index contributed by atoms with van der Waals surface area (Å²) in [6, 6.07) is 22.6. The molecule has 0 bridgehead atoms. The van der Waals surface area contributed by atoms with Crippen molar-refractivity contribution in [1.82, 2.24) is 0 Å². The lowest BCUT2D eigenvalue weighted by Gasteiger charge is -2.11. The maximum absolute atomic E-state index is 12.6. The zero-order valence-electron chi connectivity index (χ0n) is 15.0. The van der Waals surface area contributed by atoms with Crippen LogP contribution < -0.4 is 4.18 Å². The lowest BCUT2D eigenvalue weighted by Crippen LogP contribution is -2.10. The van der Waals surface area contributed by atoms with Gasteiger partial charge in [0.2, 0.25) is 0 Å². The second-order valence-corrected chi connectivity index (χ2v) is 8.53. The Hall–Kier alpha value is -2.88. The number of aryl methyl sites for hydroxylation is 1. The van der Waals surface area contributed by atoms with E-state index in [1.165, 1.54) is 12.1 Å². The van der Waals surface area contributed by atoms with Gasteiger partial charge in [0.15, 0.2) is 0 Å². The van der Waals surface area contributed by atoms with Gasteiger partial charge in [-0.15, -0.1) is 0 Å². The first-order valence-electron chi connectivity index (χ1n) is 8.37. The smallest absolute Gasteiger partial charge is 0.339 e. The van der Waals surface area contributed by atoms with E-state index in [9.17, 15) is 13.7 Å². The van der Waals surface area contributed by atoms with Gasteiger partial charge >= 0.3 is 10.1 Å². The van der Waals surface area contributed by atoms with Crippen LogP contribution in [0, 0.1) is 18.3 Å². The van der Waals surface area contributed by atoms with E-state index < -0.39 is 10.1 Å². The van der Waals surface area contributed by atoms with Gasteiger partial charge in [0, 0.05) is 10.0 Å². The monoisotopic (exact) mass is 453 g/mol. The van der Waals surface area contributed by atoms with Gasteiger partial charge in [-0.2, -0.15) is 13.7 Å². The van der Waals surface area contributed by atoms with E-state index in [4.69, 9.17) is 4.18 Å². The zero-order chi connectivity index (χ0) is 20.1. The van der Waals surface area contributed by atoms with Gasteiger partial charge in [0.25, 0.3) is 0 Å². The van der Waals surface area contributed by atoms with Crippen molar-refractivity contribution in [2.45, 2.75) is 11.8 Å². The molecule has 140 valence electrons. The highest BCUT2D eigenvalue weighted by Crippen LogP contribution is 2.30. The van der Waals surface area contributed by atoms with Crippen LogP contribution in [0.3, 0.4) is 0 Å². The highest BCUT2D eigenvalue weighted by molar-refractivity contribution is 9.10. The molecule has 0 aromatic heterocycles. The minimum atomic E-state index is -3.99. The van der Waals surface area contributed by atoms with Crippen LogP contribution in [0.2, 0.25) is 0 Å². The number of benzene rings is 3. The summed E-state index contributed by atoms with van der Waals surface area (Å²) in [6.45, 7) is 1.97. The highest BCUT2D eigenvalue weighted by atomic mass is 79.9. The summed E-state index contributed by atoms with van der Waals surface area (Å²) >= 11 is 3.38. The highest BCUT2D eigenvalue weighted by Gasteiger charge is 2.18. The van der Waals surface area contributed by atoms with Gasteiger partial charge in [0.1, 0.15) is 10.6 Å². The number of nitriles is 1. The molecule has 0 fully saturated rings. The van der Waals surface area contributed by atoms with Crippen LogP contribution in [0.25, 0.3) is 11.6 Å². The minimum Gasteiger partial charge on any atom is -0.378 e. The molecule has 0 saturated heterocycles. The molecule has 0 aliphatic carbocycles. The molecule has 4 nitrogen and oxygen atoms in total. The van der Waals surface area contributed by atoms with E-state index in [0.717, 1.165) is 15.6 Å². The number of hydrogen-bond donors (Lipinski definition) is 0. The Morgan fingerprint density at radius 1 is 1.04 bits per heavy atom. The average molecular weight is 454 g/mol. The molecule has 0 N–H and O–H groups in total. The van der Waals surface area contributed by atoms with Crippen molar-refractivity contribution in [1.29, 1.82) is 5.26 Å². The zero-order valence-corrected chi connectivity index (χ0v) is 17.4. The SMILES string of the molecule is Cc1ccc(/C(C#N)=C/c2cc(Br)ccc2OS(=O)(=O)c2ccccc2)cc1. The van der Waals surface area contributed by atoms with Crippen molar-refractivity contribution in [3.8, 4) is 11.8 Å². The van der Waals surface area contributed by atoms with Crippen molar-refractivity contribution in [3.63, 3.8) is 0 Å². The lowest BCUT2D eigenvalue weighted by atomic mass is 10.0. The summed E-state index contributed by atoms with van der Waals surface area (Å²) in [4.78, 5) is 0.0619. The molecular weight excluding hydrogens is 438 g/mol. The van der Waals surface area contributed by atoms with Crippen LogP contribution in [0.4, 0.5) is 0 Å². The van der Waals surface area contributed by atoms with Gasteiger partial charge in [-0.25, -0.2) is 0 Å². The van der Waals surface area contributed by atoms with Crippen LogP contribution >= 0.6 is 15.9 Å². The van der Waals surface area contributed by atoms with Crippen molar-refractivity contribution in [2.75, 3.05) is 0 Å². The van der Waals surface area contributed by atoms with Crippen LogP contribution in [-0.4, -0.2) is 8.42 Å². The third-order valence-electron chi connectivity index (χ3n) is 3.99. The molecule has 3 aromatic carbocycles. The molecule has 0 unspecified atom stereocenters. The Morgan fingerprint density at radius 3 is 2.36 bits per heavy atom. The average Bonchev–Trinajstić information content (AvgIpc) is 2.69. The number of rotatable bonds is 5. The maximum Gasteiger partial charge on any atom is 0.339 e. The van der Waals surface area contributed by atoms with Crippen LogP contribution in [0.5, 0.6) is 5.75 Å². The first kappa shape index (κ1) is 19.9. The van der Waals surface area contributed by atoms with Gasteiger partial charge in [-0.05, 0) is 48.9 Å². The van der Waals surface area contributed by atoms with Gasteiger partial charge < -0.3 is 4.18 Å². The van der Waals surface area contributed by atoms with Gasteiger partial charge in [-0.3, -0.25) is 0 Å². The Morgan fingerprint density at radius 2 is 1.71 bits per heavy atom. The number of allylic oxidation sites excluding steroid dienone is 1. The fraction of sp³-hybridized carbons (Fsp3) is 0.0455. The van der Waals surface area contributed by atoms with Crippen molar-refractivity contribution < 1.29 is 12.6 Å². The number of hydrogen-bond acceptors (Lipinski definition) is 4. The predicted octanol–water partition coefficient (Wildman–Crippen LogP) is 5.59. The van der Waals surface area contributed by atoms with E-state index in [0.29, 0.717) is 11.1 Å². The van der Waals surface area contributed by atoms with Crippen molar-refractivity contribution >= 4 is 37.7 Å². The van der Waals surface area contributed by atoms with Crippen molar-refractivity contribution in [3.05, 3.63) is 94.0 Å². The first-order valence-corrected chi connectivity index (χ1v) is 10.6. The lowest BCUT2D eigenvalue weighted by molar-refractivity contribution is 0.485.